The van der Waals surface area contributed by atoms with E-state index in [4.69, 9.17) is 4.42 Å². The van der Waals surface area contributed by atoms with Crippen molar-refractivity contribution < 1.29 is 9.21 Å². The first kappa shape index (κ1) is 14.1. The van der Waals surface area contributed by atoms with Gasteiger partial charge in [-0.05, 0) is 30.3 Å². The Balaban J connectivity index is 1.63. The highest BCUT2D eigenvalue weighted by molar-refractivity contribution is 6.04. The number of carbonyl (C=O) groups excluding carboxylic acids is 1. The number of pyridine rings is 1. The quantitative estimate of drug-likeness (QED) is 0.617. The molecule has 5 nitrogen and oxygen atoms in total. The Morgan fingerprint density at radius 2 is 1.75 bits per heavy atom. The van der Waals surface area contributed by atoms with Gasteiger partial charge in [0.15, 0.2) is 5.58 Å². The van der Waals surface area contributed by atoms with Gasteiger partial charge in [-0.15, -0.1) is 0 Å². The number of nitrogens with zero attached hydrogens (tertiary/aromatic N) is 2. The second kappa shape index (κ2) is 5.96. The summed E-state index contributed by atoms with van der Waals surface area (Å²) >= 11 is 0. The first-order valence-electron chi connectivity index (χ1n) is 7.47. The summed E-state index contributed by atoms with van der Waals surface area (Å²) in [6.07, 6.45) is 3.25. The topological polar surface area (TPSA) is 68.0 Å². The summed E-state index contributed by atoms with van der Waals surface area (Å²) in [6, 6.07) is 18.4. The number of anilines is 1. The van der Waals surface area contributed by atoms with Gasteiger partial charge in [0.25, 0.3) is 5.91 Å². The highest BCUT2D eigenvalue weighted by Gasteiger charge is 2.10. The van der Waals surface area contributed by atoms with E-state index in [-0.39, 0.29) is 5.91 Å². The molecule has 2 heterocycles. The fraction of sp³-hybridized carbons (Fsp3) is 0. The van der Waals surface area contributed by atoms with E-state index >= 15 is 0 Å². The minimum absolute atomic E-state index is 0.188. The third-order valence-corrected chi connectivity index (χ3v) is 3.57. The average Bonchev–Trinajstić information content (AvgIpc) is 3.07. The van der Waals surface area contributed by atoms with Crippen LogP contribution in [0, 0.1) is 0 Å². The lowest BCUT2D eigenvalue weighted by Gasteiger charge is -2.05. The van der Waals surface area contributed by atoms with Crippen LogP contribution in [0.4, 0.5) is 5.69 Å². The molecule has 5 heteroatoms. The van der Waals surface area contributed by atoms with E-state index in [9.17, 15) is 4.79 Å². The van der Waals surface area contributed by atoms with Gasteiger partial charge in [-0.2, -0.15) is 0 Å². The van der Waals surface area contributed by atoms with Crippen LogP contribution in [0.15, 0.2) is 77.5 Å². The monoisotopic (exact) mass is 315 g/mol. The van der Waals surface area contributed by atoms with Crippen molar-refractivity contribution in [3.05, 3.63) is 78.6 Å². The number of amides is 1. The van der Waals surface area contributed by atoms with Gasteiger partial charge in [0.1, 0.15) is 5.52 Å². The number of carbonyl (C=O) groups is 1. The smallest absolute Gasteiger partial charge is 0.255 e. The van der Waals surface area contributed by atoms with Crippen LogP contribution in [-0.2, 0) is 0 Å². The number of hydrogen-bond acceptors (Lipinski definition) is 4. The van der Waals surface area contributed by atoms with Crippen LogP contribution in [0.1, 0.15) is 10.4 Å². The number of nitrogens with one attached hydrogen (secondary N) is 1. The van der Waals surface area contributed by atoms with Crippen molar-refractivity contribution in [2.45, 2.75) is 0 Å². The van der Waals surface area contributed by atoms with E-state index in [1.165, 1.54) is 0 Å². The highest BCUT2D eigenvalue weighted by Crippen LogP contribution is 2.25. The van der Waals surface area contributed by atoms with Crippen LogP contribution in [0.3, 0.4) is 0 Å². The average molecular weight is 315 g/mol. The zero-order valence-electron chi connectivity index (χ0n) is 12.6. The van der Waals surface area contributed by atoms with Gasteiger partial charge in [0, 0.05) is 11.8 Å². The molecule has 116 valence electrons. The van der Waals surface area contributed by atoms with E-state index in [2.05, 4.69) is 15.3 Å². The van der Waals surface area contributed by atoms with Crippen LogP contribution in [0.2, 0.25) is 0 Å². The van der Waals surface area contributed by atoms with E-state index in [1.54, 1.807) is 30.6 Å². The molecule has 0 fully saturated rings. The van der Waals surface area contributed by atoms with Crippen molar-refractivity contribution in [3.63, 3.8) is 0 Å². The first-order valence-corrected chi connectivity index (χ1v) is 7.47. The summed E-state index contributed by atoms with van der Waals surface area (Å²) in [7, 11) is 0. The number of rotatable bonds is 3. The first-order chi connectivity index (χ1) is 11.8. The summed E-state index contributed by atoms with van der Waals surface area (Å²) in [4.78, 5) is 20.8. The van der Waals surface area contributed by atoms with Crippen LogP contribution >= 0.6 is 0 Å². The van der Waals surface area contributed by atoms with Crippen molar-refractivity contribution in [1.82, 2.24) is 9.97 Å². The Morgan fingerprint density at radius 3 is 2.58 bits per heavy atom. The van der Waals surface area contributed by atoms with Gasteiger partial charge in [-0.3, -0.25) is 9.78 Å². The highest BCUT2D eigenvalue weighted by atomic mass is 16.3. The van der Waals surface area contributed by atoms with E-state index in [1.807, 2.05) is 42.5 Å². The molecule has 0 spiro atoms. The fourth-order valence-electron chi connectivity index (χ4n) is 2.41. The van der Waals surface area contributed by atoms with Gasteiger partial charge in [0.05, 0.1) is 17.4 Å². The van der Waals surface area contributed by atoms with E-state index in [0.717, 1.165) is 5.52 Å². The van der Waals surface area contributed by atoms with Gasteiger partial charge in [-0.25, -0.2) is 4.98 Å². The molecule has 0 unspecified atom stereocenters. The Labute approximate surface area is 138 Å². The molecule has 0 aliphatic rings. The number of aromatic nitrogens is 2. The molecule has 0 saturated heterocycles. The molecule has 4 rings (SSSR count). The Kier molecular flexibility index (Phi) is 3.51. The lowest BCUT2D eigenvalue weighted by atomic mass is 10.2. The van der Waals surface area contributed by atoms with Crippen LogP contribution in [0.25, 0.3) is 22.6 Å². The predicted octanol–water partition coefficient (Wildman–Crippen LogP) is 4.14. The van der Waals surface area contributed by atoms with Crippen molar-refractivity contribution in [2.24, 2.45) is 0 Å². The molecule has 1 amide bonds. The molecule has 1 N–H and O–H groups in total. The maximum absolute atomic E-state index is 12.2. The SMILES string of the molecule is O=C(Nc1cncc(-c2nc3ccccc3o2)c1)c1ccccc1. The van der Waals surface area contributed by atoms with Gasteiger partial charge >= 0.3 is 0 Å². The molecule has 0 aliphatic carbocycles. The molecule has 4 aromatic rings. The molecule has 24 heavy (non-hydrogen) atoms. The summed E-state index contributed by atoms with van der Waals surface area (Å²) in [5.74, 6) is 0.284. The lowest BCUT2D eigenvalue weighted by molar-refractivity contribution is 0.102. The number of benzene rings is 2. The van der Waals surface area contributed by atoms with Crippen molar-refractivity contribution in [2.75, 3.05) is 5.32 Å². The maximum Gasteiger partial charge on any atom is 0.255 e. The molecular weight excluding hydrogens is 302 g/mol. The molecule has 0 saturated carbocycles. The summed E-state index contributed by atoms with van der Waals surface area (Å²) in [6.45, 7) is 0. The predicted molar refractivity (Wildman–Crippen MR) is 91.6 cm³/mol. The fourth-order valence-corrected chi connectivity index (χ4v) is 2.41. The van der Waals surface area contributed by atoms with E-state index in [0.29, 0.717) is 28.3 Å². The second-order valence-electron chi connectivity index (χ2n) is 5.27. The minimum atomic E-state index is -0.188. The second-order valence-corrected chi connectivity index (χ2v) is 5.27. The summed E-state index contributed by atoms with van der Waals surface area (Å²) < 4.78 is 5.73. The third-order valence-electron chi connectivity index (χ3n) is 3.57. The zero-order valence-corrected chi connectivity index (χ0v) is 12.6. The number of fused-ring (bicyclic) bond motifs is 1. The minimum Gasteiger partial charge on any atom is -0.436 e. The number of hydrogen-bond donors (Lipinski definition) is 1. The molecule has 2 aromatic carbocycles. The Bertz CT molecular complexity index is 976. The summed E-state index contributed by atoms with van der Waals surface area (Å²) in [5, 5.41) is 2.83. The van der Waals surface area contributed by atoms with Crippen molar-refractivity contribution >= 4 is 22.7 Å². The maximum atomic E-state index is 12.2. The molecule has 0 radical (unpaired) electrons. The summed E-state index contributed by atoms with van der Waals surface area (Å²) in [5.41, 5.74) is 3.38. The number of oxazole rings is 1. The van der Waals surface area contributed by atoms with Crippen molar-refractivity contribution in [3.8, 4) is 11.5 Å². The Hall–Kier alpha value is -3.47. The molecular formula is C19H13N3O2. The van der Waals surface area contributed by atoms with Gasteiger partial charge < -0.3 is 9.73 Å². The zero-order chi connectivity index (χ0) is 16.4. The van der Waals surface area contributed by atoms with Gasteiger partial charge in [-0.1, -0.05) is 30.3 Å². The lowest BCUT2D eigenvalue weighted by Crippen LogP contribution is -2.11. The normalized spacial score (nSPS) is 10.7. The molecule has 0 atom stereocenters. The number of para-hydroxylation sites is 2. The third kappa shape index (κ3) is 2.75. The van der Waals surface area contributed by atoms with Crippen LogP contribution in [-0.4, -0.2) is 15.9 Å². The van der Waals surface area contributed by atoms with Crippen LogP contribution in [0.5, 0.6) is 0 Å². The molecule has 2 aromatic heterocycles. The van der Waals surface area contributed by atoms with Crippen LogP contribution < -0.4 is 5.32 Å². The molecule has 0 aliphatic heterocycles. The molecule has 0 bridgehead atoms. The van der Waals surface area contributed by atoms with Gasteiger partial charge in [0.2, 0.25) is 5.89 Å². The standard InChI is InChI=1S/C19H13N3O2/c23-18(13-6-2-1-3-7-13)21-15-10-14(11-20-12-15)19-22-16-8-4-5-9-17(16)24-19/h1-12H,(H,21,23). The largest absolute Gasteiger partial charge is 0.436 e. The van der Waals surface area contributed by atoms with E-state index < -0.39 is 0 Å². The van der Waals surface area contributed by atoms with Crippen molar-refractivity contribution in [1.29, 1.82) is 0 Å². The Morgan fingerprint density at radius 1 is 0.958 bits per heavy atom.